The Bertz CT molecular complexity index is 970. The largest absolute Gasteiger partial charge is 0.337 e. The maximum absolute atomic E-state index is 13.2. The van der Waals surface area contributed by atoms with Gasteiger partial charge in [-0.2, -0.15) is 0 Å². The molecule has 164 valence electrons. The Balaban J connectivity index is 0.000000423. The number of carbonyl (C=O) groups is 1. The van der Waals surface area contributed by atoms with Crippen molar-refractivity contribution in [2.45, 2.75) is 41.5 Å². The number of rotatable bonds is 7. The van der Waals surface area contributed by atoms with Gasteiger partial charge in [0.25, 0.3) is 0 Å². The van der Waals surface area contributed by atoms with E-state index in [0.29, 0.717) is 0 Å². The van der Waals surface area contributed by atoms with Crippen LogP contribution in [0.1, 0.15) is 52.0 Å². The van der Waals surface area contributed by atoms with Gasteiger partial charge in [-0.25, -0.2) is 0 Å². The molecule has 0 unspecified atom stereocenters. The third-order valence-electron chi connectivity index (χ3n) is 4.97. The summed E-state index contributed by atoms with van der Waals surface area (Å²) in [6.45, 7) is 13.5. The average Bonchev–Trinajstić information content (AvgIpc) is 2.74. The van der Waals surface area contributed by atoms with Crippen LogP contribution in [0.3, 0.4) is 0 Å². The van der Waals surface area contributed by atoms with Gasteiger partial charge in [0.15, 0.2) is 14.8 Å². The minimum atomic E-state index is 0.111. The monoisotopic (exact) mass is 436 g/mol. The van der Waals surface area contributed by atoms with E-state index in [0.717, 1.165) is 52.2 Å². The summed E-state index contributed by atoms with van der Waals surface area (Å²) >= 11 is 0. The molecule has 0 saturated carbocycles. The Kier molecular flexibility index (Phi) is 10.1. The lowest BCUT2D eigenvalue weighted by Crippen LogP contribution is -2.09. The second kappa shape index (κ2) is 12.5. The van der Waals surface area contributed by atoms with Gasteiger partial charge in [-0.15, -0.1) is 0 Å². The highest BCUT2D eigenvalue weighted by Crippen LogP contribution is 2.28. The van der Waals surface area contributed by atoms with Crippen LogP contribution in [-0.2, 0) is 9.05 Å². The van der Waals surface area contributed by atoms with Gasteiger partial charge in [0.1, 0.15) is 0 Å². The third kappa shape index (κ3) is 6.83. The molecule has 3 aromatic carbocycles. The van der Waals surface area contributed by atoms with Crippen LogP contribution in [0.4, 0.5) is 0 Å². The fourth-order valence-electron chi connectivity index (χ4n) is 3.64. The van der Waals surface area contributed by atoms with E-state index < -0.39 is 0 Å². The molecule has 3 rings (SSSR count). The van der Waals surface area contributed by atoms with E-state index in [-0.39, 0.29) is 14.8 Å². The summed E-state index contributed by atoms with van der Waals surface area (Å²) in [7, 11) is 0.232. The molecule has 0 aromatic heterocycles. The van der Waals surface area contributed by atoms with Crippen LogP contribution in [0.25, 0.3) is 11.1 Å². The molecule has 0 spiro atoms. The van der Waals surface area contributed by atoms with Gasteiger partial charge < -0.3 is 9.05 Å². The Morgan fingerprint density at radius 1 is 0.806 bits per heavy atom. The van der Waals surface area contributed by atoms with Gasteiger partial charge in [-0.05, 0) is 69.4 Å². The molecular formula is C27H33O3P. The van der Waals surface area contributed by atoms with Gasteiger partial charge in [0.2, 0.25) is 0 Å². The molecule has 3 nitrogen and oxygen atoms in total. The van der Waals surface area contributed by atoms with Crippen molar-refractivity contribution in [2.24, 2.45) is 0 Å². The zero-order valence-electron chi connectivity index (χ0n) is 19.4. The first-order valence-corrected chi connectivity index (χ1v) is 11.5. The van der Waals surface area contributed by atoms with Crippen molar-refractivity contribution in [1.82, 2.24) is 0 Å². The Labute approximate surface area is 188 Å². The van der Waals surface area contributed by atoms with E-state index in [2.05, 4.69) is 37.3 Å². The minimum absolute atomic E-state index is 0.111. The Hall–Kier alpha value is -2.32. The summed E-state index contributed by atoms with van der Waals surface area (Å²) in [5.41, 5.74) is 8.18. The average molecular weight is 437 g/mol. The van der Waals surface area contributed by atoms with Crippen molar-refractivity contribution in [1.29, 1.82) is 0 Å². The molecule has 0 bridgehead atoms. The van der Waals surface area contributed by atoms with E-state index in [4.69, 9.17) is 9.05 Å². The molecule has 0 saturated heterocycles. The first-order valence-electron chi connectivity index (χ1n) is 10.7. The van der Waals surface area contributed by atoms with Crippen molar-refractivity contribution in [2.75, 3.05) is 13.2 Å². The number of ketones is 1. The van der Waals surface area contributed by atoms with Gasteiger partial charge in [0.05, 0.1) is 13.2 Å². The molecule has 0 atom stereocenters. The van der Waals surface area contributed by atoms with Crippen LogP contribution in [0, 0.1) is 27.7 Å². The predicted octanol–water partition coefficient (Wildman–Crippen LogP) is 7.39. The van der Waals surface area contributed by atoms with Gasteiger partial charge in [0, 0.05) is 11.1 Å². The molecule has 0 amide bonds. The van der Waals surface area contributed by atoms with Crippen molar-refractivity contribution < 1.29 is 13.8 Å². The topological polar surface area (TPSA) is 35.5 Å². The Morgan fingerprint density at radius 3 is 1.94 bits per heavy atom. The van der Waals surface area contributed by atoms with Crippen LogP contribution in [0.5, 0.6) is 0 Å². The molecule has 0 aliphatic carbocycles. The fourth-order valence-corrected chi connectivity index (χ4v) is 3.96. The summed E-state index contributed by atoms with van der Waals surface area (Å²) in [5.74, 6) is 0.111. The minimum Gasteiger partial charge on any atom is -0.337 e. The lowest BCUT2D eigenvalue weighted by molar-refractivity contribution is 0.103. The van der Waals surface area contributed by atoms with E-state index in [1.807, 2.05) is 65.0 Å². The molecule has 0 heterocycles. The number of hydrogen-bond donors (Lipinski definition) is 0. The molecule has 31 heavy (non-hydrogen) atoms. The van der Waals surface area contributed by atoms with E-state index >= 15 is 0 Å². The highest BCUT2D eigenvalue weighted by Gasteiger charge is 2.18. The predicted molar refractivity (Wildman–Crippen MR) is 132 cm³/mol. The summed E-state index contributed by atoms with van der Waals surface area (Å²) in [5, 5.41) is 0. The maximum Gasteiger partial charge on any atom is 0.193 e. The van der Waals surface area contributed by atoms with Crippen LogP contribution >= 0.6 is 9.03 Å². The first kappa shape index (κ1) is 24.9. The van der Waals surface area contributed by atoms with Gasteiger partial charge in [-0.1, -0.05) is 66.2 Å². The smallest absolute Gasteiger partial charge is 0.193 e. The maximum atomic E-state index is 13.2. The summed E-state index contributed by atoms with van der Waals surface area (Å²) < 4.78 is 9.76. The number of aryl methyl sites for hydroxylation is 3. The standard InChI is InChI=1S/C23H22O.C4H11O2P/c1-15-13-16(2)22(17(3)14-15)23(24)21-12-8-11-20(18(21)4)19-9-6-5-7-10-19;1-3-5-7-6-4-2/h5-14H,1-4H3;7H,3-4H2,1-2H3. The second-order valence-corrected chi connectivity index (χ2v) is 8.14. The molecule has 0 N–H and O–H groups in total. The lowest BCUT2D eigenvalue weighted by Gasteiger charge is -2.14. The highest BCUT2D eigenvalue weighted by atomic mass is 31.1. The molecular weight excluding hydrogens is 403 g/mol. The summed E-state index contributed by atoms with van der Waals surface area (Å²) in [6, 6.07) is 20.4. The molecule has 0 aliphatic rings. The SMILES string of the molecule is CCOPOCC.Cc1cc(C)c(C(=O)c2cccc(-c3ccccc3)c2C)c(C)c1. The van der Waals surface area contributed by atoms with E-state index in [1.165, 1.54) is 5.56 Å². The van der Waals surface area contributed by atoms with Crippen molar-refractivity contribution in [3.05, 3.63) is 94.0 Å². The van der Waals surface area contributed by atoms with Gasteiger partial charge in [-0.3, -0.25) is 4.79 Å². The third-order valence-corrected chi connectivity index (χ3v) is 5.79. The zero-order chi connectivity index (χ0) is 22.8. The number of carbonyl (C=O) groups excluding carboxylic acids is 1. The highest BCUT2D eigenvalue weighted by molar-refractivity contribution is 7.26. The van der Waals surface area contributed by atoms with E-state index in [1.54, 1.807) is 0 Å². The van der Waals surface area contributed by atoms with Crippen LogP contribution in [0.15, 0.2) is 60.7 Å². The number of hydrogen-bond acceptors (Lipinski definition) is 3. The zero-order valence-corrected chi connectivity index (χ0v) is 20.4. The van der Waals surface area contributed by atoms with Crippen LogP contribution < -0.4 is 0 Å². The second-order valence-electron chi connectivity index (χ2n) is 7.40. The first-order chi connectivity index (χ1) is 14.9. The number of benzene rings is 3. The molecule has 4 heteroatoms. The Morgan fingerprint density at radius 2 is 1.39 bits per heavy atom. The quantitative estimate of drug-likeness (QED) is 0.220. The van der Waals surface area contributed by atoms with E-state index in [9.17, 15) is 4.79 Å². The van der Waals surface area contributed by atoms with Crippen molar-refractivity contribution in [3.63, 3.8) is 0 Å². The van der Waals surface area contributed by atoms with Crippen molar-refractivity contribution in [3.8, 4) is 11.1 Å². The summed E-state index contributed by atoms with van der Waals surface area (Å²) in [6.07, 6.45) is 0. The normalized spacial score (nSPS) is 10.4. The van der Waals surface area contributed by atoms with Crippen LogP contribution in [0.2, 0.25) is 0 Å². The van der Waals surface area contributed by atoms with Crippen molar-refractivity contribution >= 4 is 14.8 Å². The molecule has 0 aliphatic heterocycles. The lowest BCUT2D eigenvalue weighted by atomic mass is 9.88. The van der Waals surface area contributed by atoms with Crippen LogP contribution in [-0.4, -0.2) is 19.0 Å². The van der Waals surface area contributed by atoms with Gasteiger partial charge >= 0.3 is 0 Å². The summed E-state index contributed by atoms with van der Waals surface area (Å²) in [4.78, 5) is 13.2. The molecule has 0 fully saturated rings. The molecule has 3 aromatic rings. The molecule has 0 radical (unpaired) electrons. The fraction of sp³-hybridized carbons (Fsp3) is 0.296.